The van der Waals surface area contributed by atoms with Gasteiger partial charge in [-0.1, -0.05) is 6.92 Å². The predicted octanol–water partition coefficient (Wildman–Crippen LogP) is -12.5. The summed E-state index contributed by atoms with van der Waals surface area (Å²) >= 11 is 10.4. The number of thiocarbonyl (C=S) groups is 1. The fraction of sp³-hybridized carbons (Fsp3) is 0.983. The Labute approximate surface area is 621 Å². The Hall–Kier alpha value is -0.390. The number of aliphatic hydroxyl groups is 24. The van der Waals surface area contributed by atoms with Crippen LogP contribution in [0.3, 0.4) is 0 Å². The smallest absolute Gasteiger partial charge is 0.187 e. The molecule has 7 rings (SSSR count). The molecule has 44 heteroatoms. The standard InChI is InChI=1S/C60H108N2O37S5/c1-24-31(90-52(86)42(79)32(24)69)19-101-12-5-61-59(100)62-20-60(21-87-6-2-9-102-56-46(83)39(76)49(28(16-66)94-56)97-53-43(80)36(73)33(70)25(13-63)91-53,22-88-7-3-10-103-57-47(84)40(77)50(29(17-67)95-57)98-54-44(81)37(74)34(71)26(14-64)92-54)23-89-8-4-11-104-58-48(85)41(78)51(30(18-68)96-58)99-55-45(82)38(75)35(72)27(15-65)93-55/h24-58,63-86H,2-23H2,1H3,(H2,61,62,100)/t24-,25?,26?,27?,28?,29?,30?,31?,32?,33-,34-,35-,36?,37?,38?,39?,40?,41?,42+,43+,44+,45+,46+,47+,48+,49-,50-,51-,52+,53-,54-,55-,56-,57-,58-,60?/m0/s1. The molecule has 610 valence electrons. The minimum atomic E-state index is -1.86. The lowest BCUT2D eigenvalue weighted by Crippen LogP contribution is -2.64. The maximum Gasteiger partial charge on any atom is 0.187 e. The number of thioether (sulfide) groups is 4. The Morgan fingerprint density at radius 1 is 0.365 bits per heavy atom. The van der Waals surface area contributed by atoms with Gasteiger partial charge in [0.2, 0.25) is 0 Å². The van der Waals surface area contributed by atoms with Crippen molar-refractivity contribution in [1.29, 1.82) is 0 Å². The predicted molar refractivity (Wildman–Crippen MR) is 363 cm³/mol. The monoisotopic (exact) mass is 1610 g/mol. The summed E-state index contributed by atoms with van der Waals surface area (Å²) in [5, 5.41) is 258. The Bertz CT molecular complexity index is 2220. The number of rotatable bonds is 40. The average Bonchev–Trinajstić information content (AvgIpc) is 0.796. The normalized spacial score (nSPS) is 43.6. The molecule has 0 amide bonds. The second-order valence-electron chi connectivity index (χ2n) is 26.4. The average molecular weight is 1610 g/mol. The molecule has 0 aromatic rings. The van der Waals surface area contributed by atoms with Crippen molar-refractivity contribution in [2.24, 2.45) is 11.3 Å². The summed E-state index contributed by atoms with van der Waals surface area (Å²) in [6, 6.07) is 0. The molecule has 7 aliphatic rings. The van der Waals surface area contributed by atoms with Crippen LogP contribution in [0.5, 0.6) is 0 Å². The zero-order valence-electron chi connectivity index (χ0n) is 56.8. The molecule has 26 N–H and O–H groups in total. The molecule has 0 aromatic heterocycles. The van der Waals surface area contributed by atoms with E-state index in [1.165, 1.54) is 11.8 Å². The van der Waals surface area contributed by atoms with E-state index < -0.39 is 257 Å². The summed E-state index contributed by atoms with van der Waals surface area (Å²) in [4.78, 5) is 0. The fourth-order valence-corrected chi connectivity index (χ4v) is 16.8. The van der Waals surface area contributed by atoms with E-state index in [0.29, 0.717) is 37.3 Å². The van der Waals surface area contributed by atoms with Crippen LogP contribution in [-0.2, 0) is 61.6 Å². The Morgan fingerprint density at radius 2 is 0.702 bits per heavy atom. The van der Waals surface area contributed by atoms with Crippen molar-refractivity contribution in [1.82, 2.24) is 10.6 Å². The van der Waals surface area contributed by atoms with Crippen molar-refractivity contribution >= 4 is 64.4 Å². The number of hydrogen-bond donors (Lipinski definition) is 26. The van der Waals surface area contributed by atoms with E-state index >= 15 is 0 Å². The van der Waals surface area contributed by atoms with Crippen LogP contribution in [0.4, 0.5) is 0 Å². The van der Waals surface area contributed by atoms with Crippen LogP contribution in [-0.4, -0.2) is 455 Å². The van der Waals surface area contributed by atoms with Gasteiger partial charge in [0.25, 0.3) is 0 Å². The Morgan fingerprint density at radius 3 is 1.03 bits per heavy atom. The van der Waals surface area contributed by atoms with Gasteiger partial charge in [0.15, 0.2) is 30.3 Å². The lowest BCUT2D eigenvalue weighted by atomic mass is 9.90. The van der Waals surface area contributed by atoms with Crippen LogP contribution in [0.2, 0.25) is 0 Å². The molecule has 0 aromatic carbocycles. The molecule has 14 unspecified atom stereocenters. The Kier molecular flexibility index (Phi) is 38.7. The molecule has 0 spiro atoms. The second kappa shape index (κ2) is 44.3. The maximum absolute atomic E-state index is 11.2. The molecule has 0 aliphatic carbocycles. The van der Waals surface area contributed by atoms with E-state index in [-0.39, 0.29) is 68.6 Å². The molecule has 35 atom stereocenters. The number of nitrogens with one attached hydrogen (secondary N) is 2. The van der Waals surface area contributed by atoms with Crippen LogP contribution in [0.1, 0.15) is 26.2 Å². The summed E-state index contributed by atoms with van der Waals surface area (Å²) in [5.41, 5.74) is -4.52. The first-order chi connectivity index (χ1) is 49.6. The van der Waals surface area contributed by atoms with Crippen molar-refractivity contribution in [3.05, 3.63) is 0 Å². The molecular weight excluding hydrogens is 1500 g/mol. The second-order valence-corrected chi connectivity index (χ2v) is 31.6. The van der Waals surface area contributed by atoms with E-state index in [4.69, 9.17) is 73.8 Å². The number of aliphatic hydroxyl groups excluding tert-OH is 24. The molecule has 104 heavy (non-hydrogen) atoms. The topological polar surface area (TPSA) is 630 Å². The first-order valence-corrected chi connectivity index (χ1v) is 38.9. The van der Waals surface area contributed by atoms with Crippen LogP contribution in [0.25, 0.3) is 0 Å². The van der Waals surface area contributed by atoms with Crippen molar-refractivity contribution in [3.63, 3.8) is 0 Å². The van der Waals surface area contributed by atoms with Gasteiger partial charge in [-0.2, -0.15) is 11.8 Å². The highest BCUT2D eigenvalue weighted by molar-refractivity contribution is 8.00. The van der Waals surface area contributed by atoms with Gasteiger partial charge in [-0.15, -0.1) is 35.3 Å². The fourth-order valence-electron chi connectivity index (χ4n) is 12.3. The van der Waals surface area contributed by atoms with Crippen LogP contribution in [0.15, 0.2) is 0 Å². The van der Waals surface area contributed by atoms with E-state index in [9.17, 15) is 123 Å². The SMILES string of the molecule is C[C@H]1C(CSCCNC(=S)NCC(COCCCS[C@@H]2OC(CO)[C@H](O[C@@H]3OC(CO)[C@H](O)C(O)[C@H]3O)C(O)[C@H]2O)(COCCCS[C@@H]2OC(CO)[C@H](O[C@@H]3OC(CO)[C@H](O)C(O)[C@H]3O)C(O)[C@H]2O)COCCCS[C@@H]2OC(CO)[C@H](O[C@@H]3OC(CO)[C@H](O)C(O)[C@H]3O)C(O)[C@H]2O)O[C@@H](O)[C@H](O)C1O. The van der Waals surface area contributed by atoms with Gasteiger partial charge < -0.3 is 195 Å². The summed E-state index contributed by atoms with van der Waals surface area (Å²) in [7, 11) is 0. The lowest BCUT2D eigenvalue weighted by molar-refractivity contribution is -0.338. The van der Waals surface area contributed by atoms with Crippen LogP contribution in [0, 0.1) is 11.3 Å². The van der Waals surface area contributed by atoms with E-state index in [1.807, 2.05) is 0 Å². The minimum Gasteiger partial charge on any atom is -0.394 e. The highest BCUT2D eigenvalue weighted by atomic mass is 32.2. The Balaban J connectivity index is 0.991. The highest BCUT2D eigenvalue weighted by Crippen LogP contribution is 2.38. The molecular formula is C60H108N2O37S5. The van der Waals surface area contributed by atoms with Gasteiger partial charge in [-0.05, 0) is 48.7 Å². The van der Waals surface area contributed by atoms with Gasteiger partial charge in [-0.25, -0.2) is 0 Å². The van der Waals surface area contributed by atoms with E-state index in [2.05, 4.69) is 10.6 Å². The van der Waals surface area contributed by atoms with Crippen LogP contribution < -0.4 is 10.6 Å². The molecule has 7 saturated heterocycles. The first kappa shape index (κ1) is 90.8. The van der Waals surface area contributed by atoms with Crippen molar-refractivity contribution < 1.29 is 184 Å². The summed E-state index contributed by atoms with van der Waals surface area (Å²) in [5.74, 6) is 1.08. The molecule has 7 aliphatic heterocycles. The third-order valence-electron chi connectivity index (χ3n) is 18.8. The van der Waals surface area contributed by atoms with Gasteiger partial charge in [0.1, 0.15) is 169 Å². The van der Waals surface area contributed by atoms with Gasteiger partial charge in [-0.3, -0.25) is 0 Å². The van der Waals surface area contributed by atoms with Crippen LogP contribution >= 0.6 is 59.3 Å². The largest absolute Gasteiger partial charge is 0.394 e. The van der Waals surface area contributed by atoms with Crippen molar-refractivity contribution in [2.45, 2.75) is 232 Å². The molecule has 39 nitrogen and oxygen atoms in total. The summed E-state index contributed by atoms with van der Waals surface area (Å²) in [6.45, 7) is -2.51. The van der Waals surface area contributed by atoms with E-state index in [1.54, 1.807) is 6.92 Å². The molecule has 0 bridgehead atoms. The third-order valence-corrected chi connectivity index (χ3v) is 23.8. The molecule has 7 heterocycles. The lowest BCUT2D eigenvalue weighted by Gasteiger charge is -2.46. The molecule has 7 fully saturated rings. The summed E-state index contributed by atoms with van der Waals surface area (Å²) < 4.78 is 75.7. The van der Waals surface area contributed by atoms with Gasteiger partial charge >= 0.3 is 0 Å². The molecule has 0 saturated carbocycles. The molecule has 0 radical (unpaired) electrons. The quantitative estimate of drug-likeness (QED) is 0.0200. The van der Waals surface area contributed by atoms with E-state index in [0.717, 1.165) is 35.3 Å². The highest BCUT2D eigenvalue weighted by Gasteiger charge is 2.55. The number of hydrogen-bond acceptors (Lipinski definition) is 42. The summed E-state index contributed by atoms with van der Waals surface area (Å²) in [6.07, 6.45) is -47.9. The zero-order chi connectivity index (χ0) is 76.3. The minimum absolute atomic E-state index is 0.0362. The number of ether oxygens (including phenoxy) is 13. The van der Waals surface area contributed by atoms with Crippen molar-refractivity contribution in [2.75, 3.05) is 121 Å². The maximum atomic E-state index is 11.2. The third kappa shape index (κ3) is 23.9. The van der Waals surface area contributed by atoms with Gasteiger partial charge in [0, 0.05) is 50.3 Å². The van der Waals surface area contributed by atoms with Gasteiger partial charge in [0.05, 0.1) is 77.1 Å². The zero-order valence-corrected chi connectivity index (χ0v) is 60.9. The van der Waals surface area contributed by atoms with Crippen molar-refractivity contribution in [3.8, 4) is 0 Å². The first-order valence-electron chi connectivity index (χ1n) is 34.2.